The van der Waals surface area contributed by atoms with Crippen molar-refractivity contribution in [2.45, 2.75) is 19.5 Å². The number of alkyl halides is 2. The highest BCUT2D eigenvalue weighted by Crippen LogP contribution is 2.41. The normalized spacial score (nSPS) is 21.4. The van der Waals surface area contributed by atoms with E-state index in [2.05, 4.69) is 20.1 Å². The lowest BCUT2D eigenvalue weighted by Crippen LogP contribution is -2.25. The predicted molar refractivity (Wildman–Crippen MR) is 126 cm³/mol. The largest absolute Gasteiger partial charge is 0.586 e. The maximum atomic E-state index is 12.8. The highest BCUT2D eigenvalue weighted by atomic mass is 32.2. The van der Waals surface area contributed by atoms with Gasteiger partial charge in [-0.15, -0.1) is 8.78 Å². The molecule has 6 rings (SSSR count). The fourth-order valence-electron chi connectivity index (χ4n) is 3.48. The Balaban J connectivity index is 0.000000149. The Labute approximate surface area is 210 Å². The summed E-state index contributed by atoms with van der Waals surface area (Å²) in [7, 11) is 0. The van der Waals surface area contributed by atoms with Gasteiger partial charge in [0.15, 0.2) is 11.5 Å². The molecule has 13 heteroatoms. The summed E-state index contributed by atoms with van der Waals surface area (Å²) in [4.78, 5) is 45.3. The number of hydrogen-bond acceptors (Lipinski definition) is 9. The zero-order valence-electron chi connectivity index (χ0n) is 18.0. The van der Waals surface area contributed by atoms with Crippen molar-refractivity contribution in [3.63, 3.8) is 0 Å². The van der Waals surface area contributed by atoms with Gasteiger partial charge in [-0.3, -0.25) is 29.8 Å². The summed E-state index contributed by atoms with van der Waals surface area (Å²) in [5, 5.41) is 3.54. The number of benzene rings is 2. The summed E-state index contributed by atoms with van der Waals surface area (Å²) < 4.78 is 39.5. The standard InChI is InChI=1S/C12H9NO3S.C11H5F2NO4S/c14-11-10(17-12(15)13-11)4-7-1-2-8-5-16-6-9(8)3-7;12-11(13)17-6-2-1-5(3-7(6)18-11)4-8-9(15)14-10(16)19-8/h1-4H,5-6H2,(H,13,14,15);1-4H,(H,14,15,16). The van der Waals surface area contributed by atoms with Crippen molar-refractivity contribution in [1.82, 2.24) is 10.6 Å². The average molecular weight is 533 g/mol. The molecule has 2 aromatic carbocycles. The maximum Gasteiger partial charge on any atom is 0.586 e. The minimum absolute atomic E-state index is 0.0771. The summed E-state index contributed by atoms with van der Waals surface area (Å²) in [5.74, 6) is -1.03. The van der Waals surface area contributed by atoms with Gasteiger partial charge in [-0.1, -0.05) is 18.2 Å². The number of thioether (sulfide) groups is 2. The molecule has 2 fully saturated rings. The van der Waals surface area contributed by atoms with Gasteiger partial charge in [0.25, 0.3) is 22.3 Å². The Bertz CT molecular complexity index is 1390. The first-order chi connectivity index (χ1) is 17.1. The highest BCUT2D eigenvalue weighted by molar-refractivity contribution is 8.18. The molecular formula is C23H14F2N2O7S2. The lowest BCUT2D eigenvalue weighted by Gasteiger charge is -2.04. The first-order valence-electron chi connectivity index (χ1n) is 10.2. The lowest BCUT2D eigenvalue weighted by atomic mass is 10.1. The van der Waals surface area contributed by atoms with E-state index in [1.54, 1.807) is 6.08 Å². The smallest absolute Gasteiger partial charge is 0.395 e. The third kappa shape index (κ3) is 5.27. The number of carbonyl (C=O) groups excluding carboxylic acids is 4. The van der Waals surface area contributed by atoms with E-state index in [-0.39, 0.29) is 27.6 Å². The second kappa shape index (κ2) is 9.41. The van der Waals surface area contributed by atoms with Gasteiger partial charge in [0.1, 0.15) is 0 Å². The Morgan fingerprint density at radius 3 is 1.92 bits per heavy atom. The molecule has 2 N–H and O–H groups in total. The molecule has 0 aliphatic carbocycles. The molecule has 9 nitrogen and oxygen atoms in total. The maximum absolute atomic E-state index is 12.8. The van der Waals surface area contributed by atoms with E-state index in [9.17, 15) is 28.0 Å². The van der Waals surface area contributed by atoms with Crippen molar-refractivity contribution < 1.29 is 42.2 Å². The van der Waals surface area contributed by atoms with Gasteiger partial charge in [-0.05, 0) is 76.1 Å². The highest BCUT2D eigenvalue weighted by Gasteiger charge is 2.43. The minimum Gasteiger partial charge on any atom is -0.395 e. The van der Waals surface area contributed by atoms with Crippen LogP contribution in [0.25, 0.3) is 12.2 Å². The van der Waals surface area contributed by atoms with Crippen molar-refractivity contribution >= 4 is 58.0 Å². The molecule has 184 valence electrons. The summed E-state index contributed by atoms with van der Waals surface area (Å²) in [6, 6.07) is 10.0. The molecule has 0 bridgehead atoms. The summed E-state index contributed by atoms with van der Waals surface area (Å²) >= 11 is 1.67. The summed E-state index contributed by atoms with van der Waals surface area (Å²) in [5.41, 5.74) is 3.70. The second-order valence-corrected chi connectivity index (χ2v) is 9.63. The Kier molecular flexibility index (Phi) is 6.28. The number of fused-ring (bicyclic) bond motifs is 2. The predicted octanol–water partition coefficient (Wildman–Crippen LogP) is 4.37. The van der Waals surface area contributed by atoms with Gasteiger partial charge in [0.05, 0.1) is 23.0 Å². The monoisotopic (exact) mass is 532 g/mol. The third-order valence-electron chi connectivity index (χ3n) is 5.05. The van der Waals surface area contributed by atoms with E-state index in [1.807, 2.05) is 18.2 Å². The third-order valence-corrected chi connectivity index (χ3v) is 6.67. The Morgan fingerprint density at radius 2 is 1.31 bits per heavy atom. The van der Waals surface area contributed by atoms with E-state index in [4.69, 9.17) is 4.74 Å². The van der Waals surface area contributed by atoms with Crippen molar-refractivity contribution in [3.05, 3.63) is 68.5 Å². The second-order valence-electron chi connectivity index (χ2n) is 7.60. The van der Waals surface area contributed by atoms with E-state index in [1.165, 1.54) is 29.8 Å². The average Bonchev–Trinajstić information content (AvgIpc) is 3.54. The number of hydrogen-bond donors (Lipinski definition) is 2. The summed E-state index contributed by atoms with van der Waals surface area (Å²) in [6.45, 7) is 1.27. The molecule has 0 atom stereocenters. The first kappa shape index (κ1) is 24.0. The molecule has 4 amide bonds. The molecule has 36 heavy (non-hydrogen) atoms. The fourth-order valence-corrected chi connectivity index (χ4v) is 4.85. The molecule has 0 aromatic heterocycles. The van der Waals surface area contributed by atoms with Crippen LogP contribution in [0.3, 0.4) is 0 Å². The number of carbonyl (C=O) groups is 4. The van der Waals surface area contributed by atoms with E-state index >= 15 is 0 Å². The van der Waals surface area contributed by atoms with Crippen LogP contribution >= 0.6 is 23.5 Å². The van der Waals surface area contributed by atoms with Crippen LogP contribution in [-0.4, -0.2) is 28.6 Å². The van der Waals surface area contributed by atoms with Crippen LogP contribution < -0.4 is 20.1 Å². The molecule has 2 saturated heterocycles. The molecule has 4 aliphatic heterocycles. The van der Waals surface area contributed by atoms with Gasteiger partial charge in [-0.25, -0.2) is 0 Å². The lowest BCUT2D eigenvalue weighted by molar-refractivity contribution is -0.286. The van der Waals surface area contributed by atoms with Crippen LogP contribution in [0.1, 0.15) is 22.3 Å². The van der Waals surface area contributed by atoms with Gasteiger partial charge < -0.3 is 14.2 Å². The van der Waals surface area contributed by atoms with Gasteiger partial charge in [0.2, 0.25) is 0 Å². The van der Waals surface area contributed by atoms with Gasteiger partial charge in [0, 0.05) is 0 Å². The number of halogens is 2. The van der Waals surface area contributed by atoms with Crippen molar-refractivity contribution in [2.24, 2.45) is 0 Å². The molecule has 0 spiro atoms. The van der Waals surface area contributed by atoms with Gasteiger partial charge in [-0.2, -0.15) is 0 Å². The van der Waals surface area contributed by atoms with E-state index in [0.29, 0.717) is 23.7 Å². The van der Waals surface area contributed by atoms with E-state index in [0.717, 1.165) is 34.7 Å². The molecule has 4 aliphatic rings. The molecular weight excluding hydrogens is 518 g/mol. The first-order valence-corrected chi connectivity index (χ1v) is 11.9. The van der Waals surface area contributed by atoms with Crippen LogP contribution in [-0.2, 0) is 27.5 Å². The molecule has 0 saturated carbocycles. The quantitative estimate of drug-likeness (QED) is 0.543. The van der Waals surface area contributed by atoms with Gasteiger partial charge >= 0.3 is 6.29 Å². The van der Waals surface area contributed by atoms with Crippen molar-refractivity contribution in [3.8, 4) is 11.5 Å². The molecule has 0 unspecified atom stereocenters. The summed E-state index contributed by atoms with van der Waals surface area (Å²) in [6.07, 6.45) is -0.544. The zero-order valence-corrected chi connectivity index (χ0v) is 19.6. The molecule has 2 aromatic rings. The number of rotatable bonds is 2. The fraction of sp³-hybridized carbons (Fsp3) is 0.130. The van der Waals surface area contributed by atoms with Crippen molar-refractivity contribution in [2.75, 3.05) is 0 Å². The molecule has 4 heterocycles. The number of ether oxygens (including phenoxy) is 3. The van der Waals surface area contributed by atoms with Crippen molar-refractivity contribution in [1.29, 1.82) is 0 Å². The van der Waals surface area contributed by atoms with E-state index < -0.39 is 17.4 Å². The zero-order chi connectivity index (χ0) is 25.4. The van der Waals surface area contributed by atoms with Crippen LogP contribution in [0.15, 0.2) is 46.2 Å². The van der Waals surface area contributed by atoms with Crippen LogP contribution in [0, 0.1) is 0 Å². The molecule has 0 radical (unpaired) electrons. The number of nitrogens with one attached hydrogen (secondary N) is 2. The topological polar surface area (TPSA) is 120 Å². The number of amides is 4. The Hall–Kier alpha value is -3.68. The van der Waals surface area contributed by atoms with Crippen LogP contribution in [0.2, 0.25) is 0 Å². The SMILES string of the molecule is O=C1NC(=O)C(=Cc2ccc3c(c2)COC3)S1.O=C1NC(=O)C(=Cc2ccc3c(c2)OC(F)(F)O3)S1. The van der Waals surface area contributed by atoms with Crippen LogP contribution in [0.4, 0.5) is 18.4 Å². The number of imide groups is 2. The van der Waals surface area contributed by atoms with Crippen LogP contribution in [0.5, 0.6) is 11.5 Å². The Morgan fingerprint density at radius 1 is 0.750 bits per heavy atom. The minimum atomic E-state index is -3.68.